The van der Waals surface area contributed by atoms with E-state index in [0.717, 1.165) is 32.9 Å². The molecule has 1 unspecified atom stereocenters. The highest BCUT2D eigenvalue weighted by Crippen LogP contribution is 2.31. The summed E-state index contributed by atoms with van der Waals surface area (Å²) in [7, 11) is -1.06. The monoisotopic (exact) mass is 258 g/mol. The highest BCUT2D eigenvalue weighted by Gasteiger charge is 2.21. The van der Waals surface area contributed by atoms with Crippen LogP contribution in [0.15, 0.2) is 52.3 Å². The maximum atomic E-state index is 12.4. The van der Waals surface area contributed by atoms with Crippen molar-refractivity contribution in [2.75, 3.05) is 6.61 Å². The minimum atomic E-state index is -1.06. The van der Waals surface area contributed by atoms with E-state index in [0.29, 0.717) is 6.42 Å². The van der Waals surface area contributed by atoms with Crippen LogP contribution in [0.25, 0.3) is 0 Å². The summed E-state index contributed by atoms with van der Waals surface area (Å²) in [4.78, 5) is 1.84. The minimum absolute atomic E-state index is 0.151. The molecule has 18 heavy (non-hydrogen) atoms. The normalized spacial score (nSPS) is 17.1. The molecule has 3 heteroatoms. The predicted molar refractivity (Wildman–Crippen MR) is 71.2 cm³/mol. The van der Waals surface area contributed by atoms with E-state index in [1.165, 1.54) is 0 Å². The summed E-state index contributed by atoms with van der Waals surface area (Å²) in [5, 5.41) is 8.97. The first kappa shape index (κ1) is 11.6. The third kappa shape index (κ3) is 1.89. The maximum Gasteiger partial charge on any atom is 0.0855 e. The first-order valence-electron chi connectivity index (χ1n) is 6.02. The van der Waals surface area contributed by atoms with Crippen molar-refractivity contribution in [1.82, 2.24) is 0 Å². The van der Waals surface area contributed by atoms with Gasteiger partial charge in [-0.1, -0.05) is 30.3 Å². The van der Waals surface area contributed by atoms with E-state index in [9.17, 15) is 4.21 Å². The van der Waals surface area contributed by atoms with Crippen molar-refractivity contribution in [2.24, 2.45) is 0 Å². The number of benzene rings is 2. The molecular formula is C15H14O2S. The Morgan fingerprint density at radius 1 is 1.06 bits per heavy atom. The zero-order valence-corrected chi connectivity index (χ0v) is 10.7. The second-order valence-electron chi connectivity index (χ2n) is 4.47. The maximum absolute atomic E-state index is 12.4. The van der Waals surface area contributed by atoms with Crippen molar-refractivity contribution in [3.63, 3.8) is 0 Å². The van der Waals surface area contributed by atoms with E-state index in [4.69, 9.17) is 5.11 Å². The molecule has 1 aliphatic rings. The Hall–Kier alpha value is -1.45. The number of hydrogen-bond acceptors (Lipinski definition) is 2. The van der Waals surface area contributed by atoms with Gasteiger partial charge in [-0.2, -0.15) is 0 Å². The lowest BCUT2D eigenvalue weighted by Gasteiger charge is -2.19. The van der Waals surface area contributed by atoms with Gasteiger partial charge in [0, 0.05) is 16.4 Å². The molecule has 3 rings (SSSR count). The average molecular weight is 258 g/mol. The predicted octanol–water partition coefficient (Wildman–Crippen LogP) is 2.29. The third-order valence-corrected chi connectivity index (χ3v) is 4.87. The molecule has 1 atom stereocenters. The molecule has 92 valence electrons. The summed E-state index contributed by atoms with van der Waals surface area (Å²) in [5.41, 5.74) is 3.37. The van der Waals surface area contributed by atoms with Crippen LogP contribution < -0.4 is 0 Å². The molecule has 2 nitrogen and oxygen atoms in total. The molecule has 0 aliphatic carbocycles. The van der Waals surface area contributed by atoms with Gasteiger partial charge in [-0.05, 0) is 41.7 Å². The molecule has 2 aromatic rings. The Morgan fingerprint density at radius 3 is 2.67 bits per heavy atom. The van der Waals surface area contributed by atoms with Crippen LogP contribution in [0.5, 0.6) is 0 Å². The van der Waals surface area contributed by atoms with Crippen LogP contribution in [0.4, 0.5) is 0 Å². The standard InChI is InChI=1S/C15H14O2S/c16-8-7-11-5-6-15-13(9-11)10-12-3-1-2-4-14(12)18(15)17/h1-6,9,16H,7-8,10H2. The van der Waals surface area contributed by atoms with Gasteiger partial charge in [0.2, 0.25) is 0 Å². The van der Waals surface area contributed by atoms with Gasteiger partial charge < -0.3 is 5.11 Å². The summed E-state index contributed by atoms with van der Waals surface area (Å²) >= 11 is 0. The number of hydrogen-bond donors (Lipinski definition) is 1. The molecule has 1 N–H and O–H groups in total. The van der Waals surface area contributed by atoms with E-state index in [1.54, 1.807) is 0 Å². The molecule has 1 heterocycles. The number of fused-ring (bicyclic) bond motifs is 2. The van der Waals surface area contributed by atoms with Gasteiger partial charge in [0.1, 0.15) is 0 Å². The molecule has 2 aromatic carbocycles. The summed E-state index contributed by atoms with van der Waals surface area (Å²) in [6.45, 7) is 0.151. The van der Waals surface area contributed by atoms with Gasteiger partial charge in [0.25, 0.3) is 0 Å². The lowest BCUT2D eigenvalue weighted by atomic mass is 10.0. The Kier molecular flexibility index (Phi) is 3.02. The molecule has 1 aliphatic heterocycles. The van der Waals surface area contributed by atoms with Crippen LogP contribution in [0.2, 0.25) is 0 Å². The molecule has 0 spiro atoms. The van der Waals surface area contributed by atoms with Crippen molar-refractivity contribution in [3.8, 4) is 0 Å². The van der Waals surface area contributed by atoms with Gasteiger partial charge in [0.15, 0.2) is 0 Å². The van der Waals surface area contributed by atoms with Gasteiger partial charge >= 0.3 is 0 Å². The highest BCUT2D eigenvalue weighted by atomic mass is 32.2. The fraction of sp³-hybridized carbons (Fsp3) is 0.200. The Balaban J connectivity index is 2.08. The Morgan fingerprint density at radius 2 is 1.83 bits per heavy atom. The first-order valence-corrected chi connectivity index (χ1v) is 7.17. The zero-order valence-electron chi connectivity index (χ0n) is 9.93. The van der Waals surface area contributed by atoms with Crippen LogP contribution in [0.3, 0.4) is 0 Å². The minimum Gasteiger partial charge on any atom is -0.396 e. The second kappa shape index (κ2) is 4.67. The lowest BCUT2D eigenvalue weighted by molar-refractivity contribution is 0.299. The quantitative estimate of drug-likeness (QED) is 0.766. The Bertz CT molecular complexity index is 620. The molecule has 0 amide bonds. The summed E-state index contributed by atoms with van der Waals surface area (Å²) in [6, 6.07) is 13.9. The van der Waals surface area contributed by atoms with Gasteiger partial charge in [-0.15, -0.1) is 0 Å². The van der Waals surface area contributed by atoms with Gasteiger partial charge in [-0.3, -0.25) is 0 Å². The lowest BCUT2D eigenvalue weighted by Crippen LogP contribution is -2.09. The van der Waals surface area contributed by atoms with Crippen molar-refractivity contribution in [1.29, 1.82) is 0 Å². The van der Waals surface area contributed by atoms with Crippen LogP contribution in [-0.2, 0) is 23.6 Å². The van der Waals surface area contributed by atoms with E-state index < -0.39 is 10.8 Å². The number of rotatable bonds is 2. The highest BCUT2D eigenvalue weighted by molar-refractivity contribution is 7.85. The Labute approximate surface area is 109 Å². The molecule has 0 radical (unpaired) electrons. The fourth-order valence-corrected chi connectivity index (χ4v) is 3.77. The van der Waals surface area contributed by atoms with E-state index >= 15 is 0 Å². The molecule has 0 bridgehead atoms. The third-order valence-electron chi connectivity index (χ3n) is 3.28. The van der Waals surface area contributed by atoms with Crippen molar-refractivity contribution in [3.05, 3.63) is 59.2 Å². The topological polar surface area (TPSA) is 37.3 Å². The molecule has 0 saturated heterocycles. The summed E-state index contributed by atoms with van der Waals surface area (Å²) in [6.07, 6.45) is 1.48. The van der Waals surface area contributed by atoms with Crippen molar-refractivity contribution in [2.45, 2.75) is 22.6 Å². The average Bonchev–Trinajstić information content (AvgIpc) is 2.39. The van der Waals surface area contributed by atoms with E-state index in [-0.39, 0.29) is 6.61 Å². The number of aliphatic hydroxyl groups is 1. The first-order chi connectivity index (χ1) is 8.79. The van der Waals surface area contributed by atoms with Gasteiger partial charge in [0.05, 0.1) is 10.8 Å². The molecule has 0 fully saturated rings. The van der Waals surface area contributed by atoms with Crippen LogP contribution >= 0.6 is 0 Å². The fourth-order valence-electron chi connectivity index (χ4n) is 2.39. The van der Waals surface area contributed by atoms with Gasteiger partial charge in [-0.25, -0.2) is 4.21 Å². The van der Waals surface area contributed by atoms with Crippen LogP contribution in [-0.4, -0.2) is 15.9 Å². The number of aliphatic hydroxyl groups excluding tert-OH is 1. The van der Waals surface area contributed by atoms with Crippen molar-refractivity contribution < 1.29 is 9.32 Å². The largest absolute Gasteiger partial charge is 0.396 e. The molecule has 0 aromatic heterocycles. The zero-order chi connectivity index (χ0) is 12.5. The molecule has 0 saturated carbocycles. The van der Waals surface area contributed by atoms with Crippen molar-refractivity contribution >= 4 is 10.8 Å². The van der Waals surface area contributed by atoms with E-state index in [1.807, 2.05) is 36.4 Å². The smallest absolute Gasteiger partial charge is 0.0855 e. The van der Waals surface area contributed by atoms with E-state index in [2.05, 4.69) is 6.07 Å². The summed E-state index contributed by atoms with van der Waals surface area (Å²) in [5.74, 6) is 0. The second-order valence-corrected chi connectivity index (χ2v) is 5.89. The van der Waals surface area contributed by atoms with Crippen LogP contribution in [0.1, 0.15) is 16.7 Å². The van der Waals surface area contributed by atoms with Crippen LogP contribution in [0, 0.1) is 0 Å². The molecular weight excluding hydrogens is 244 g/mol. The summed E-state index contributed by atoms with van der Waals surface area (Å²) < 4.78 is 12.4. The SMILES string of the molecule is O=S1c2ccccc2Cc2cc(CCO)ccc21.